The minimum atomic E-state index is 0.00448. The Morgan fingerprint density at radius 2 is 1.88 bits per heavy atom. The van der Waals surface area contributed by atoms with Crippen molar-refractivity contribution in [3.05, 3.63) is 59.3 Å². The van der Waals surface area contributed by atoms with Crippen LogP contribution in [0.15, 0.2) is 42.5 Å². The number of para-hydroxylation sites is 1. The second-order valence-corrected chi connectivity index (χ2v) is 6.31. The highest BCUT2D eigenvalue weighted by Crippen LogP contribution is 2.31. The number of fused-ring (bicyclic) bond motifs is 2. The molecule has 5 heteroatoms. The predicted octanol–water partition coefficient (Wildman–Crippen LogP) is 3.52. The number of aromatic amines is 1. The van der Waals surface area contributed by atoms with Gasteiger partial charge in [0.25, 0.3) is 5.91 Å². The van der Waals surface area contributed by atoms with Gasteiger partial charge in [-0.15, -0.1) is 0 Å². The van der Waals surface area contributed by atoms with Crippen LogP contribution in [0.1, 0.15) is 21.6 Å². The van der Waals surface area contributed by atoms with Crippen LogP contribution in [0.25, 0.3) is 10.9 Å². The third-order valence-corrected chi connectivity index (χ3v) is 4.48. The van der Waals surface area contributed by atoms with E-state index in [1.54, 1.807) is 4.90 Å². The summed E-state index contributed by atoms with van der Waals surface area (Å²) in [6.45, 7) is 3.57. The molecule has 0 saturated heterocycles. The molecule has 4 rings (SSSR count). The van der Waals surface area contributed by atoms with Gasteiger partial charge in [0.15, 0.2) is 11.5 Å². The first-order chi connectivity index (χ1) is 12.1. The van der Waals surface area contributed by atoms with E-state index in [0.717, 1.165) is 39.2 Å². The second-order valence-electron chi connectivity index (χ2n) is 6.31. The van der Waals surface area contributed by atoms with E-state index < -0.39 is 0 Å². The molecule has 128 valence electrons. The minimum absolute atomic E-state index is 0.00448. The van der Waals surface area contributed by atoms with Gasteiger partial charge in [0.05, 0.1) is 5.56 Å². The third kappa shape index (κ3) is 2.82. The van der Waals surface area contributed by atoms with Gasteiger partial charge in [-0.25, -0.2) is 0 Å². The number of nitrogens with one attached hydrogen (secondary N) is 1. The molecule has 0 atom stereocenters. The average Bonchev–Trinajstić information content (AvgIpc) is 2.96. The molecule has 1 aromatic heterocycles. The number of carbonyl (C=O) groups is 1. The summed E-state index contributed by atoms with van der Waals surface area (Å²) in [7, 11) is 1.82. The first kappa shape index (κ1) is 15.6. The number of H-pyrrole nitrogens is 1. The highest BCUT2D eigenvalue weighted by molar-refractivity contribution is 6.08. The maximum atomic E-state index is 13.0. The summed E-state index contributed by atoms with van der Waals surface area (Å²) in [6, 6.07) is 13.7. The summed E-state index contributed by atoms with van der Waals surface area (Å²) >= 11 is 0. The monoisotopic (exact) mass is 336 g/mol. The molecular formula is C20H20N2O3. The summed E-state index contributed by atoms with van der Waals surface area (Å²) in [6.07, 6.45) is 0. The Morgan fingerprint density at radius 1 is 1.12 bits per heavy atom. The lowest BCUT2D eigenvalue weighted by Gasteiger charge is -2.21. The molecule has 2 heterocycles. The summed E-state index contributed by atoms with van der Waals surface area (Å²) in [5, 5.41) is 0.957. The van der Waals surface area contributed by atoms with Crippen molar-refractivity contribution in [3.63, 3.8) is 0 Å². The van der Waals surface area contributed by atoms with E-state index in [1.807, 2.05) is 56.4 Å². The number of aryl methyl sites for hydroxylation is 1. The minimum Gasteiger partial charge on any atom is -0.486 e. The quantitative estimate of drug-likeness (QED) is 0.796. The van der Waals surface area contributed by atoms with Crippen LogP contribution in [-0.2, 0) is 6.54 Å². The largest absolute Gasteiger partial charge is 0.486 e. The Kier molecular flexibility index (Phi) is 3.84. The summed E-state index contributed by atoms with van der Waals surface area (Å²) in [4.78, 5) is 18.0. The highest BCUT2D eigenvalue weighted by Gasteiger charge is 2.20. The molecule has 0 unspecified atom stereocenters. The van der Waals surface area contributed by atoms with E-state index in [2.05, 4.69) is 4.98 Å². The maximum Gasteiger partial charge on any atom is 0.256 e. The van der Waals surface area contributed by atoms with Crippen LogP contribution in [0.5, 0.6) is 11.5 Å². The molecule has 1 amide bonds. The van der Waals surface area contributed by atoms with E-state index >= 15 is 0 Å². The van der Waals surface area contributed by atoms with Crippen molar-refractivity contribution < 1.29 is 14.3 Å². The topological polar surface area (TPSA) is 54.6 Å². The lowest BCUT2D eigenvalue weighted by molar-refractivity contribution is 0.0786. The van der Waals surface area contributed by atoms with Crippen LogP contribution in [-0.4, -0.2) is 36.1 Å². The zero-order valence-corrected chi connectivity index (χ0v) is 14.3. The highest BCUT2D eigenvalue weighted by atomic mass is 16.6. The number of aromatic nitrogens is 1. The van der Waals surface area contributed by atoms with Gasteiger partial charge in [-0.05, 0) is 30.7 Å². The van der Waals surface area contributed by atoms with Crippen LogP contribution in [0.3, 0.4) is 0 Å². The number of benzene rings is 2. The number of hydrogen-bond acceptors (Lipinski definition) is 3. The number of carbonyl (C=O) groups excluding carboxylic acids is 1. The van der Waals surface area contributed by atoms with E-state index in [4.69, 9.17) is 9.47 Å². The number of rotatable bonds is 3. The smallest absolute Gasteiger partial charge is 0.256 e. The van der Waals surface area contributed by atoms with Gasteiger partial charge in [-0.1, -0.05) is 24.3 Å². The Labute approximate surface area is 146 Å². The Morgan fingerprint density at radius 3 is 2.72 bits per heavy atom. The lowest BCUT2D eigenvalue weighted by atomic mass is 10.1. The van der Waals surface area contributed by atoms with Crippen molar-refractivity contribution in [2.75, 3.05) is 20.3 Å². The molecule has 25 heavy (non-hydrogen) atoms. The third-order valence-electron chi connectivity index (χ3n) is 4.48. The standard InChI is InChI=1S/C20H20N2O3/c1-13-19(15-5-3-4-6-16(15)21-13)20(23)22(2)12-14-7-8-17-18(11-14)25-10-9-24-17/h3-8,11,21H,9-10,12H2,1-2H3. The average molecular weight is 336 g/mol. The molecule has 1 N–H and O–H groups in total. The van der Waals surface area contributed by atoms with Gasteiger partial charge < -0.3 is 19.4 Å². The van der Waals surface area contributed by atoms with E-state index in [0.29, 0.717) is 19.8 Å². The molecule has 0 bridgehead atoms. The van der Waals surface area contributed by atoms with Crippen molar-refractivity contribution in [2.45, 2.75) is 13.5 Å². The predicted molar refractivity (Wildman–Crippen MR) is 96.3 cm³/mol. The molecule has 1 aliphatic heterocycles. The molecule has 2 aromatic carbocycles. The number of amides is 1. The molecule has 3 aromatic rings. The van der Waals surface area contributed by atoms with Crippen LogP contribution in [0.2, 0.25) is 0 Å². The van der Waals surface area contributed by atoms with Crippen molar-refractivity contribution in [3.8, 4) is 11.5 Å². The molecule has 0 fully saturated rings. The van der Waals surface area contributed by atoms with Gasteiger partial charge in [0.2, 0.25) is 0 Å². The summed E-state index contributed by atoms with van der Waals surface area (Å²) < 4.78 is 11.2. The number of hydrogen-bond donors (Lipinski definition) is 1. The van der Waals surface area contributed by atoms with Crippen molar-refractivity contribution in [1.29, 1.82) is 0 Å². The zero-order chi connectivity index (χ0) is 17.4. The molecule has 1 aliphatic rings. The molecule has 0 saturated carbocycles. The van der Waals surface area contributed by atoms with Crippen molar-refractivity contribution >= 4 is 16.8 Å². The summed E-state index contributed by atoms with van der Waals surface area (Å²) in [5.74, 6) is 1.51. The fourth-order valence-electron chi connectivity index (χ4n) is 3.27. The van der Waals surface area contributed by atoms with Crippen LogP contribution in [0, 0.1) is 6.92 Å². The van der Waals surface area contributed by atoms with Gasteiger partial charge in [0, 0.05) is 30.2 Å². The van der Waals surface area contributed by atoms with Crippen LogP contribution < -0.4 is 9.47 Å². The van der Waals surface area contributed by atoms with E-state index in [-0.39, 0.29) is 5.91 Å². The Hall–Kier alpha value is -2.95. The first-order valence-electron chi connectivity index (χ1n) is 8.35. The second kappa shape index (κ2) is 6.16. The van der Waals surface area contributed by atoms with Gasteiger partial charge in [-0.3, -0.25) is 4.79 Å². The fourth-order valence-corrected chi connectivity index (χ4v) is 3.27. The number of ether oxygens (including phenoxy) is 2. The Bertz CT molecular complexity index is 945. The van der Waals surface area contributed by atoms with Gasteiger partial charge in [0.1, 0.15) is 13.2 Å². The van der Waals surface area contributed by atoms with Crippen LogP contribution in [0.4, 0.5) is 0 Å². The number of nitrogens with zero attached hydrogens (tertiary/aromatic N) is 1. The Balaban J connectivity index is 1.59. The maximum absolute atomic E-state index is 13.0. The SMILES string of the molecule is Cc1[nH]c2ccccc2c1C(=O)N(C)Cc1ccc2c(c1)OCCO2. The molecular weight excluding hydrogens is 316 g/mol. The molecule has 0 aliphatic carbocycles. The molecule has 0 spiro atoms. The van der Waals surface area contributed by atoms with Crippen LogP contribution >= 0.6 is 0 Å². The van der Waals surface area contributed by atoms with Crippen molar-refractivity contribution in [1.82, 2.24) is 9.88 Å². The zero-order valence-electron chi connectivity index (χ0n) is 14.3. The molecule has 5 nitrogen and oxygen atoms in total. The fraction of sp³-hybridized carbons (Fsp3) is 0.250. The first-order valence-corrected chi connectivity index (χ1v) is 8.35. The normalized spacial score (nSPS) is 13.0. The van der Waals surface area contributed by atoms with Gasteiger partial charge in [-0.2, -0.15) is 0 Å². The van der Waals surface area contributed by atoms with E-state index in [9.17, 15) is 4.79 Å². The lowest BCUT2D eigenvalue weighted by Crippen LogP contribution is -2.26. The molecule has 0 radical (unpaired) electrons. The van der Waals surface area contributed by atoms with E-state index in [1.165, 1.54) is 0 Å². The summed E-state index contributed by atoms with van der Waals surface area (Å²) in [5.41, 5.74) is 3.62. The van der Waals surface area contributed by atoms with Gasteiger partial charge >= 0.3 is 0 Å². The van der Waals surface area contributed by atoms with Crippen molar-refractivity contribution in [2.24, 2.45) is 0 Å².